The minimum atomic E-state index is 0.338. The summed E-state index contributed by atoms with van der Waals surface area (Å²) in [4.78, 5) is 2.51. The van der Waals surface area contributed by atoms with Gasteiger partial charge < -0.3 is 5.11 Å². The van der Waals surface area contributed by atoms with E-state index in [4.69, 9.17) is 0 Å². The van der Waals surface area contributed by atoms with E-state index < -0.39 is 0 Å². The minimum absolute atomic E-state index is 0.338. The molecule has 1 atom stereocenters. The van der Waals surface area contributed by atoms with Crippen molar-refractivity contribution in [3.05, 3.63) is 65.2 Å². The van der Waals surface area contributed by atoms with Gasteiger partial charge in [0, 0.05) is 19.1 Å². The van der Waals surface area contributed by atoms with Crippen LogP contribution in [-0.2, 0) is 19.5 Å². The highest BCUT2D eigenvalue weighted by atomic mass is 16.3. The molecule has 0 saturated heterocycles. The zero-order valence-electron chi connectivity index (χ0n) is 11.2. The number of benzene rings is 2. The van der Waals surface area contributed by atoms with E-state index in [-0.39, 0.29) is 0 Å². The standard InChI is InChI=1S/C17H19NO/c1-13(10-14-6-8-17(19)9-7-14)18-11-15-4-2-3-5-16(15)12-18/h2-9,13,19H,10-12H2,1H3. The van der Waals surface area contributed by atoms with Gasteiger partial charge in [0.05, 0.1) is 0 Å². The number of fused-ring (bicyclic) bond motifs is 1. The molecule has 2 aromatic carbocycles. The van der Waals surface area contributed by atoms with Crippen molar-refractivity contribution in [2.45, 2.75) is 32.5 Å². The Balaban J connectivity index is 1.66. The summed E-state index contributed by atoms with van der Waals surface area (Å²) in [7, 11) is 0. The van der Waals surface area contributed by atoms with Gasteiger partial charge >= 0.3 is 0 Å². The zero-order valence-corrected chi connectivity index (χ0v) is 11.2. The summed E-state index contributed by atoms with van der Waals surface area (Å²) in [6, 6.07) is 16.7. The first-order valence-corrected chi connectivity index (χ1v) is 6.81. The van der Waals surface area contributed by atoms with Crippen molar-refractivity contribution in [3.8, 4) is 5.75 Å². The summed E-state index contributed by atoms with van der Waals surface area (Å²) in [5.41, 5.74) is 4.20. The Bertz CT molecular complexity index is 537. The number of phenols is 1. The highest BCUT2D eigenvalue weighted by Crippen LogP contribution is 2.25. The van der Waals surface area contributed by atoms with Gasteiger partial charge in [-0.2, -0.15) is 0 Å². The molecule has 0 aliphatic carbocycles. The second-order valence-corrected chi connectivity index (χ2v) is 5.39. The van der Waals surface area contributed by atoms with Crippen molar-refractivity contribution in [2.75, 3.05) is 0 Å². The van der Waals surface area contributed by atoms with Crippen LogP contribution in [0.3, 0.4) is 0 Å². The molecule has 0 spiro atoms. The molecule has 1 aliphatic heterocycles. The number of aromatic hydroxyl groups is 1. The van der Waals surface area contributed by atoms with E-state index in [9.17, 15) is 5.11 Å². The van der Waals surface area contributed by atoms with Crippen LogP contribution < -0.4 is 0 Å². The lowest BCUT2D eigenvalue weighted by molar-refractivity contribution is 0.211. The van der Waals surface area contributed by atoms with E-state index >= 15 is 0 Å². The monoisotopic (exact) mass is 253 g/mol. The highest BCUT2D eigenvalue weighted by molar-refractivity contribution is 5.31. The smallest absolute Gasteiger partial charge is 0.115 e. The molecular formula is C17H19NO. The first kappa shape index (κ1) is 12.2. The van der Waals surface area contributed by atoms with E-state index in [1.54, 1.807) is 12.1 Å². The molecule has 3 rings (SSSR count). The quantitative estimate of drug-likeness (QED) is 0.907. The first-order valence-electron chi connectivity index (χ1n) is 6.81. The molecule has 1 unspecified atom stereocenters. The van der Waals surface area contributed by atoms with Crippen LogP contribution in [0.5, 0.6) is 5.75 Å². The predicted molar refractivity (Wildman–Crippen MR) is 77.0 cm³/mol. The fourth-order valence-electron chi connectivity index (χ4n) is 2.77. The second-order valence-electron chi connectivity index (χ2n) is 5.39. The van der Waals surface area contributed by atoms with Crippen LogP contribution >= 0.6 is 0 Å². The van der Waals surface area contributed by atoms with Crippen LogP contribution in [0, 0.1) is 0 Å². The maximum Gasteiger partial charge on any atom is 0.115 e. The molecule has 0 fully saturated rings. The summed E-state index contributed by atoms with van der Waals surface area (Å²) in [6.07, 6.45) is 1.02. The Kier molecular flexibility index (Phi) is 3.26. The molecule has 0 amide bonds. The number of rotatable bonds is 3. The molecule has 1 heterocycles. The van der Waals surface area contributed by atoms with Gasteiger partial charge in [-0.15, -0.1) is 0 Å². The lowest BCUT2D eigenvalue weighted by atomic mass is 10.1. The summed E-state index contributed by atoms with van der Waals surface area (Å²) >= 11 is 0. The van der Waals surface area contributed by atoms with Crippen LogP contribution in [0.25, 0.3) is 0 Å². The summed E-state index contributed by atoms with van der Waals surface area (Å²) in [5.74, 6) is 0.338. The van der Waals surface area contributed by atoms with Gasteiger partial charge in [0.1, 0.15) is 5.75 Å². The Morgan fingerprint density at radius 1 is 1.00 bits per heavy atom. The van der Waals surface area contributed by atoms with Crippen LogP contribution in [0.15, 0.2) is 48.5 Å². The van der Waals surface area contributed by atoms with Crippen molar-refractivity contribution in [1.29, 1.82) is 0 Å². The molecule has 2 heteroatoms. The number of hydrogen-bond acceptors (Lipinski definition) is 2. The molecule has 0 saturated carbocycles. The third kappa shape index (κ3) is 2.64. The van der Waals surface area contributed by atoms with Gasteiger partial charge in [0.2, 0.25) is 0 Å². The molecule has 19 heavy (non-hydrogen) atoms. The summed E-state index contributed by atoms with van der Waals surface area (Å²) in [6.45, 7) is 4.38. The molecule has 2 aromatic rings. The third-order valence-corrected chi connectivity index (χ3v) is 3.96. The van der Waals surface area contributed by atoms with E-state index in [0.717, 1.165) is 19.5 Å². The zero-order chi connectivity index (χ0) is 13.2. The number of nitrogens with zero attached hydrogens (tertiary/aromatic N) is 1. The van der Waals surface area contributed by atoms with Crippen molar-refractivity contribution < 1.29 is 5.11 Å². The molecule has 1 N–H and O–H groups in total. The van der Waals surface area contributed by atoms with Crippen LogP contribution in [0.2, 0.25) is 0 Å². The van der Waals surface area contributed by atoms with Gasteiger partial charge in [-0.05, 0) is 42.2 Å². The van der Waals surface area contributed by atoms with Crippen molar-refractivity contribution >= 4 is 0 Å². The second kappa shape index (κ2) is 5.06. The van der Waals surface area contributed by atoms with Crippen LogP contribution in [0.1, 0.15) is 23.6 Å². The maximum absolute atomic E-state index is 9.31. The Morgan fingerprint density at radius 2 is 1.58 bits per heavy atom. The molecule has 0 aromatic heterocycles. The normalized spacial score (nSPS) is 16.3. The van der Waals surface area contributed by atoms with Gasteiger partial charge in [0.15, 0.2) is 0 Å². The lowest BCUT2D eigenvalue weighted by Gasteiger charge is -2.23. The largest absolute Gasteiger partial charge is 0.508 e. The molecule has 0 bridgehead atoms. The van der Waals surface area contributed by atoms with Crippen molar-refractivity contribution in [2.24, 2.45) is 0 Å². The average Bonchev–Trinajstić information content (AvgIpc) is 2.85. The van der Waals surface area contributed by atoms with E-state index in [0.29, 0.717) is 11.8 Å². The van der Waals surface area contributed by atoms with Crippen LogP contribution in [0.4, 0.5) is 0 Å². The van der Waals surface area contributed by atoms with Crippen molar-refractivity contribution in [3.63, 3.8) is 0 Å². The molecular weight excluding hydrogens is 234 g/mol. The molecule has 1 aliphatic rings. The molecule has 98 valence electrons. The van der Waals surface area contributed by atoms with Crippen LogP contribution in [-0.4, -0.2) is 16.0 Å². The summed E-state index contributed by atoms with van der Waals surface area (Å²) in [5, 5.41) is 9.31. The molecule has 2 nitrogen and oxygen atoms in total. The van der Waals surface area contributed by atoms with E-state index in [2.05, 4.69) is 36.1 Å². The number of phenolic OH excluding ortho intramolecular Hbond substituents is 1. The summed E-state index contributed by atoms with van der Waals surface area (Å²) < 4.78 is 0. The minimum Gasteiger partial charge on any atom is -0.508 e. The van der Waals surface area contributed by atoms with Gasteiger partial charge in [0.25, 0.3) is 0 Å². The fourth-order valence-corrected chi connectivity index (χ4v) is 2.77. The third-order valence-electron chi connectivity index (χ3n) is 3.96. The first-order chi connectivity index (χ1) is 9.22. The Labute approximate surface area is 114 Å². The Morgan fingerprint density at radius 3 is 2.16 bits per heavy atom. The predicted octanol–water partition coefficient (Wildman–Crippen LogP) is 3.34. The highest BCUT2D eigenvalue weighted by Gasteiger charge is 2.22. The van der Waals surface area contributed by atoms with Gasteiger partial charge in [-0.1, -0.05) is 36.4 Å². The van der Waals surface area contributed by atoms with Crippen molar-refractivity contribution in [1.82, 2.24) is 4.90 Å². The lowest BCUT2D eigenvalue weighted by Crippen LogP contribution is -2.29. The molecule has 0 radical (unpaired) electrons. The Hall–Kier alpha value is -1.80. The van der Waals surface area contributed by atoms with E-state index in [1.807, 2.05) is 12.1 Å². The average molecular weight is 253 g/mol. The topological polar surface area (TPSA) is 23.5 Å². The fraction of sp³-hybridized carbons (Fsp3) is 0.294. The van der Waals surface area contributed by atoms with Gasteiger partial charge in [-0.3, -0.25) is 4.90 Å². The maximum atomic E-state index is 9.31. The number of hydrogen-bond donors (Lipinski definition) is 1. The van der Waals surface area contributed by atoms with Gasteiger partial charge in [-0.25, -0.2) is 0 Å². The van der Waals surface area contributed by atoms with E-state index in [1.165, 1.54) is 16.7 Å². The SMILES string of the molecule is CC(Cc1ccc(O)cc1)N1Cc2ccccc2C1.